The predicted molar refractivity (Wildman–Crippen MR) is 80.9 cm³/mol. The Kier molecular flexibility index (Phi) is 4.24. The highest BCUT2D eigenvalue weighted by atomic mass is 16.5. The van der Waals surface area contributed by atoms with Crippen molar-refractivity contribution in [2.45, 2.75) is 13.0 Å². The number of nitrogens with zero attached hydrogens (tertiary/aromatic N) is 2. The zero-order valence-electron chi connectivity index (χ0n) is 12.3. The average molecular weight is 275 g/mol. The van der Waals surface area contributed by atoms with Crippen LogP contribution in [0.15, 0.2) is 24.3 Å². The molecule has 0 aliphatic carbocycles. The predicted octanol–water partition coefficient (Wildman–Crippen LogP) is 1.33. The van der Waals surface area contributed by atoms with E-state index >= 15 is 0 Å². The molecular weight excluding hydrogens is 250 g/mol. The molecule has 110 valence electrons. The van der Waals surface area contributed by atoms with Gasteiger partial charge in [-0.1, -0.05) is 25.1 Å². The van der Waals surface area contributed by atoms with Gasteiger partial charge in [-0.15, -0.1) is 0 Å². The number of ether oxygens (including phenoxy) is 1. The van der Waals surface area contributed by atoms with E-state index in [1.165, 1.54) is 13.1 Å². The summed E-state index contributed by atoms with van der Waals surface area (Å²) in [4.78, 5) is 5.04. The number of piperazine rings is 1. The van der Waals surface area contributed by atoms with Crippen LogP contribution in [0.2, 0.25) is 0 Å². The Morgan fingerprint density at radius 3 is 2.60 bits per heavy atom. The first kappa shape index (κ1) is 13.9. The molecular formula is C16H25N3O. The number of benzene rings is 1. The lowest BCUT2D eigenvalue weighted by Crippen LogP contribution is -2.49. The van der Waals surface area contributed by atoms with Gasteiger partial charge in [-0.2, -0.15) is 0 Å². The SMILES string of the molecule is CCN1CCN(CC2COc3ccccc3C2N)CC1. The Balaban J connectivity index is 1.60. The van der Waals surface area contributed by atoms with Crippen molar-refractivity contribution in [3.63, 3.8) is 0 Å². The summed E-state index contributed by atoms with van der Waals surface area (Å²) in [5, 5.41) is 0. The maximum Gasteiger partial charge on any atom is 0.124 e. The Hall–Kier alpha value is -1.10. The number of hydrogen-bond donors (Lipinski definition) is 1. The van der Waals surface area contributed by atoms with Gasteiger partial charge < -0.3 is 20.3 Å². The molecule has 0 saturated carbocycles. The molecule has 0 bridgehead atoms. The van der Waals surface area contributed by atoms with Crippen molar-refractivity contribution in [3.05, 3.63) is 29.8 Å². The maximum absolute atomic E-state index is 6.44. The van der Waals surface area contributed by atoms with Crippen LogP contribution in [0.3, 0.4) is 0 Å². The third-order valence-corrected chi connectivity index (χ3v) is 4.64. The molecule has 0 radical (unpaired) electrons. The number of rotatable bonds is 3. The second kappa shape index (κ2) is 6.12. The molecule has 0 amide bonds. The van der Waals surface area contributed by atoms with E-state index < -0.39 is 0 Å². The van der Waals surface area contributed by atoms with E-state index in [1.807, 2.05) is 18.2 Å². The highest BCUT2D eigenvalue weighted by molar-refractivity contribution is 5.37. The topological polar surface area (TPSA) is 41.7 Å². The van der Waals surface area contributed by atoms with Gasteiger partial charge in [0.25, 0.3) is 0 Å². The van der Waals surface area contributed by atoms with Gasteiger partial charge in [0.1, 0.15) is 5.75 Å². The normalized spacial score (nSPS) is 27.9. The molecule has 1 saturated heterocycles. The molecule has 1 aromatic rings. The van der Waals surface area contributed by atoms with Crippen LogP contribution in [0.25, 0.3) is 0 Å². The first-order valence-electron chi connectivity index (χ1n) is 7.70. The summed E-state index contributed by atoms with van der Waals surface area (Å²) in [7, 11) is 0. The van der Waals surface area contributed by atoms with Crippen molar-refractivity contribution in [3.8, 4) is 5.75 Å². The summed E-state index contributed by atoms with van der Waals surface area (Å²) in [6.07, 6.45) is 0. The molecule has 0 spiro atoms. The fourth-order valence-corrected chi connectivity index (χ4v) is 3.23. The third-order valence-electron chi connectivity index (χ3n) is 4.64. The lowest BCUT2D eigenvalue weighted by molar-refractivity contribution is 0.0919. The van der Waals surface area contributed by atoms with Gasteiger partial charge in [0.2, 0.25) is 0 Å². The van der Waals surface area contributed by atoms with Gasteiger partial charge in [-0.3, -0.25) is 0 Å². The Morgan fingerprint density at radius 1 is 1.15 bits per heavy atom. The average Bonchev–Trinajstić information content (AvgIpc) is 2.51. The van der Waals surface area contributed by atoms with Gasteiger partial charge in [0, 0.05) is 50.2 Å². The van der Waals surface area contributed by atoms with Crippen LogP contribution in [0.5, 0.6) is 5.75 Å². The first-order valence-corrected chi connectivity index (χ1v) is 7.70. The summed E-state index contributed by atoms with van der Waals surface area (Å²) < 4.78 is 5.87. The lowest BCUT2D eigenvalue weighted by Gasteiger charge is -2.38. The van der Waals surface area contributed by atoms with Crippen LogP contribution in [0.4, 0.5) is 0 Å². The summed E-state index contributed by atoms with van der Waals surface area (Å²) >= 11 is 0. The molecule has 2 aliphatic rings. The van der Waals surface area contributed by atoms with E-state index in [9.17, 15) is 0 Å². The molecule has 1 aromatic carbocycles. The number of nitrogens with two attached hydrogens (primary N) is 1. The fraction of sp³-hybridized carbons (Fsp3) is 0.625. The molecule has 2 atom stereocenters. The van der Waals surface area contributed by atoms with Gasteiger partial charge >= 0.3 is 0 Å². The molecule has 4 nitrogen and oxygen atoms in total. The number of likely N-dealkylation sites (N-methyl/N-ethyl adjacent to an activating group) is 1. The minimum Gasteiger partial charge on any atom is -0.493 e. The minimum absolute atomic E-state index is 0.101. The lowest BCUT2D eigenvalue weighted by atomic mass is 9.91. The quantitative estimate of drug-likeness (QED) is 0.904. The summed E-state index contributed by atoms with van der Waals surface area (Å²) in [5.74, 6) is 1.37. The second-order valence-electron chi connectivity index (χ2n) is 5.87. The molecule has 20 heavy (non-hydrogen) atoms. The van der Waals surface area contributed by atoms with E-state index in [-0.39, 0.29) is 6.04 Å². The van der Waals surface area contributed by atoms with Crippen LogP contribution < -0.4 is 10.5 Å². The van der Waals surface area contributed by atoms with E-state index in [1.54, 1.807) is 0 Å². The zero-order valence-corrected chi connectivity index (χ0v) is 12.3. The number of fused-ring (bicyclic) bond motifs is 1. The van der Waals surface area contributed by atoms with Gasteiger partial charge in [-0.05, 0) is 12.6 Å². The summed E-state index contributed by atoms with van der Waals surface area (Å²) in [6.45, 7) is 9.84. The van der Waals surface area contributed by atoms with Gasteiger partial charge in [0.05, 0.1) is 6.61 Å². The molecule has 2 aliphatic heterocycles. The van der Waals surface area contributed by atoms with Crippen molar-refractivity contribution in [1.29, 1.82) is 0 Å². The molecule has 2 N–H and O–H groups in total. The van der Waals surface area contributed by atoms with Crippen molar-refractivity contribution in [2.24, 2.45) is 11.7 Å². The Morgan fingerprint density at radius 2 is 1.85 bits per heavy atom. The number of para-hydroxylation sites is 1. The Labute approximate surface area is 121 Å². The van der Waals surface area contributed by atoms with Gasteiger partial charge in [0.15, 0.2) is 0 Å². The largest absolute Gasteiger partial charge is 0.493 e. The summed E-state index contributed by atoms with van der Waals surface area (Å²) in [6, 6.07) is 8.27. The van der Waals surface area contributed by atoms with Crippen LogP contribution in [0, 0.1) is 5.92 Å². The number of hydrogen-bond acceptors (Lipinski definition) is 4. The van der Waals surface area contributed by atoms with Crippen molar-refractivity contribution < 1.29 is 4.74 Å². The molecule has 0 aromatic heterocycles. The molecule has 3 rings (SSSR count). The van der Waals surface area contributed by atoms with E-state index in [0.717, 1.165) is 44.1 Å². The van der Waals surface area contributed by atoms with Crippen LogP contribution in [-0.4, -0.2) is 55.7 Å². The molecule has 4 heteroatoms. The summed E-state index contributed by atoms with van der Waals surface area (Å²) in [5.41, 5.74) is 7.61. The molecule has 1 fully saturated rings. The van der Waals surface area contributed by atoms with Crippen LogP contribution in [0.1, 0.15) is 18.5 Å². The highest BCUT2D eigenvalue weighted by Gasteiger charge is 2.30. The molecule has 2 unspecified atom stereocenters. The van der Waals surface area contributed by atoms with Crippen molar-refractivity contribution in [2.75, 3.05) is 45.9 Å². The van der Waals surface area contributed by atoms with Crippen molar-refractivity contribution in [1.82, 2.24) is 9.80 Å². The third kappa shape index (κ3) is 2.82. The molecule has 2 heterocycles. The van der Waals surface area contributed by atoms with Crippen LogP contribution in [-0.2, 0) is 0 Å². The van der Waals surface area contributed by atoms with E-state index in [0.29, 0.717) is 5.92 Å². The van der Waals surface area contributed by atoms with Crippen molar-refractivity contribution >= 4 is 0 Å². The minimum atomic E-state index is 0.101. The monoisotopic (exact) mass is 275 g/mol. The van der Waals surface area contributed by atoms with E-state index in [4.69, 9.17) is 10.5 Å². The maximum atomic E-state index is 6.44. The zero-order chi connectivity index (χ0) is 13.9. The standard InChI is InChI=1S/C16H25N3O/c1-2-18-7-9-19(10-8-18)11-13-12-20-15-6-4-3-5-14(15)16(13)17/h3-6,13,16H,2,7-12,17H2,1H3. The fourth-order valence-electron chi connectivity index (χ4n) is 3.23. The highest BCUT2D eigenvalue weighted by Crippen LogP contribution is 2.33. The first-order chi connectivity index (χ1) is 9.78. The smallest absolute Gasteiger partial charge is 0.124 e. The van der Waals surface area contributed by atoms with Gasteiger partial charge in [-0.25, -0.2) is 0 Å². The van der Waals surface area contributed by atoms with Crippen LogP contribution >= 0.6 is 0 Å². The van der Waals surface area contributed by atoms with E-state index in [2.05, 4.69) is 22.8 Å². The second-order valence-corrected chi connectivity index (χ2v) is 5.87. The Bertz CT molecular complexity index is 443.